The second-order valence-electron chi connectivity index (χ2n) is 3.98. The van der Waals surface area contributed by atoms with Crippen LogP contribution in [-0.4, -0.2) is 9.78 Å². The molecule has 2 N–H and O–H groups in total. The van der Waals surface area contributed by atoms with Crippen LogP contribution >= 0.6 is 0 Å². The number of hydrogen-bond donors (Lipinski definition) is 1. The quantitative estimate of drug-likeness (QED) is 0.746. The second kappa shape index (κ2) is 3.96. The molecular formula is C11H19N3. The summed E-state index contributed by atoms with van der Waals surface area (Å²) >= 11 is 0. The molecule has 0 aromatic carbocycles. The smallest absolute Gasteiger partial charge is 0.0644 e. The predicted molar refractivity (Wildman–Crippen MR) is 59.0 cm³/mol. The van der Waals surface area contributed by atoms with Crippen LogP contribution in [0.2, 0.25) is 0 Å². The minimum Gasteiger partial charge on any atom is -0.324 e. The monoisotopic (exact) mass is 193 g/mol. The fourth-order valence-electron chi connectivity index (χ4n) is 1.80. The molecule has 0 aliphatic carbocycles. The van der Waals surface area contributed by atoms with Crippen LogP contribution in [0.3, 0.4) is 0 Å². The molecule has 0 fully saturated rings. The third-order valence-electron chi connectivity index (χ3n) is 2.50. The Hall–Kier alpha value is -1.09. The van der Waals surface area contributed by atoms with Gasteiger partial charge in [-0.25, -0.2) is 0 Å². The average Bonchev–Trinajstić information content (AvgIpc) is 2.25. The molecule has 78 valence electrons. The maximum atomic E-state index is 6.10. The lowest BCUT2D eigenvalue weighted by Crippen LogP contribution is -2.12. The first-order chi connectivity index (χ1) is 6.43. The van der Waals surface area contributed by atoms with Gasteiger partial charge in [-0.05, 0) is 27.2 Å². The van der Waals surface area contributed by atoms with Gasteiger partial charge in [0.2, 0.25) is 0 Å². The van der Waals surface area contributed by atoms with Gasteiger partial charge in [-0.15, -0.1) is 6.58 Å². The molecule has 1 heterocycles. The average molecular weight is 193 g/mol. The minimum absolute atomic E-state index is 0.0289. The molecule has 14 heavy (non-hydrogen) atoms. The van der Waals surface area contributed by atoms with Gasteiger partial charge >= 0.3 is 0 Å². The van der Waals surface area contributed by atoms with Crippen LogP contribution in [-0.2, 0) is 7.05 Å². The van der Waals surface area contributed by atoms with Crippen molar-refractivity contribution >= 4 is 0 Å². The molecule has 1 unspecified atom stereocenters. The van der Waals surface area contributed by atoms with Crippen molar-refractivity contribution in [1.29, 1.82) is 0 Å². The first-order valence-corrected chi connectivity index (χ1v) is 4.83. The highest BCUT2D eigenvalue weighted by atomic mass is 15.3. The Bertz CT molecular complexity index is 350. The molecule has 3 nitrogen and oxygen atoms in total. The molecule has 0 amide bonds. The van der Waals surface area contributed by atoms with E-state index in [2.05, 4.69) is 11.7 Å². The molecule has 0 bridgehead atoms. The molecule has 0 aliphatic rings. The molecule has 0 spiro atoms. The van der Waals surface area contributed by atoms with Crippen molar-refractivity contribution in [2.24, 2.45) is 12.8 Å². The zero-order valence-electron chi connectivity index (χ0n) is 9.46. The molecule has 1 atom stereocenters. The van der Waals surface area contributed by atoms with Gasteiger partial charge in [0.1, 0.15) is 0 Å². The summed E-state index contributed by atoms with van der Waals surface area (Å²) in [5.74, 6) is 0. The fourth-order valence-corrected chi connectivity index (χ4v) is 1.80. The number of nitrogens with zero attached hydrogens (tertiary/aromatic N) is 2. The van der Waals surface area contributed by atoms with E-state index in [1.165, 1.54) is 0 Å². The Morgan fingerprint density at radius 3 is 2.50 bits per heavy atom. The summed E-state index contributed by atoms with van der Waals surface area (Å²) in [4.78, 5) is 0. The molecule has 1 aromatic heterocycles. The number of rotatable bonds is 3. The molecule has 0 saturated heterocycles. The van der Waals surface area contributed by atoms with Gasteiger partial charge < -0.3 is 5.73 Å². The van der Waals surface area contributed by atoms with E-state index in [-0.39, 0.29) is 6.04 Å². The first kappa shape index (κ1) is 11.0. The molecule has 0 saturated carbocycles. The van der Waals surface area contributed by atoms with E-state index in [1.54, 1.807) is 0 Å². The molecule has 0 aliphatic heterocycles. The number of aromatic nitrogens is 2. The standard InChI is InChI=1S/C11H19N3/c1-7(2)6-10(12)11-8(3)13-14(5)9(11)4/h10H,1,6,12H2,2-5H3. The Morgan fingerprint density at radius 2 is 2.14 bits per heavy atom. The number of nitrogens with two attached hydrogens (primary N) is 1. The van der Waals surface area contributed by atoms with Crippen molar-refractivity contribution < 1.29 is 0 Å². The van der Waals surface area contributed by atoms with Crippen LogP contribution < -0.4 is 5.73 Å². The molecule has 1 rings (SSSR count). The Kier molecular flexibility index (Phi) is 3.11. The maximum absolute atomic E-state index is 6.10. The van der Waals surface area contributed by atoms with E-state index in [9.17, 15) is 0 Å². The van der Waals surface area contributed by atoms with Gasteiger partial charge in [-0.3, -0.25) is 4.68 Å². The zero-order valence-corrected chi connectivity index (χ0v) is 9.46. The van der Waals surface area contributed by atoms with Crippen molar-refractivity contribution in [2.75, 3.05) is 0 Å². The van der Waals surface area contributed by atoms with E-state index >= 15 is 0 Å². The summed E-state index contributed by atoms with van der Waals surface area (Å²) in [5, 5.41) is 4.35. The minimum atomic E-state index is 0.0289. The Morgan fingerprint density at radius 1 is 1.57 bits per heavy atom. The third-order valence-corrected chi connectivity index (χ3v) is 2.50. The molecule has 0 radical (unpaired) electrons. The van der Waals surface area contributed by atoms with E-state index in [0.717, 1.165) is 28.9 Å². The van der Waals surface area contributed by atoms with E-state index in [1.807, 2.05) is 32.5 Å². The number of hydrogen-bond acceptors (Lipinski definition) is 2. The van der Waals surface area contributed by atoms with Gasteiger partial charge in [0, 0.05) is 24.3 Å². The van der Waals surface area contributed by atoms with Crippen molar-refractivity contribution in [3.63, 3.8) is 0 Å². The van der Waals surface area contributed by atoms with E-state index in [4.69, 9.17) is 5.73 Å². The van der Waals surface area contributed by atoms with Crippen LogP contribution in [0.15, 0.2) is 12.2 Å². The van der Waals surface area contributed by atoms with Crippen LogP contribution in [0.1, 0.15) is 36.3 Å². The largest absolute Gasteiger partial charge is 0.324 e. The van der Waals surface area contributed by atoms with Gasteiger partial charge in [0.25, 0.3) is 0 Å². The number of aryl methyl sites for hydroxylation is 2. The zero-order chi connectivity index (χ0) is 10.9. The summed E-state index contributed by atoms with van der Waals surface area (Å²) in [5.41, 5.74) is 10.5. The van der Waals surface area contributed by atoms with Gasteiger partial charge in [-0.2, -0.15) is 5.10 Å². The van der Waals surface area contributed by atoms with Gasteiger partial charge in [0.05, 0.1) is 5.69 Å². The molecular weight excluding hydrogens is 174 g/mol. The lowest BCUT2D eigenvalue weighted by Gasteiger charge is -2.12. The topological polar surface area (TPSA) is 43.8 Å². The SMILES string of the molecule is C=C(C)CC(N)c1c(C)nn(C)c1C. The second-order valence-corrected chi connectivity index (χ2v) is 3.98. The summed E-state index contributed by atoms with van der Waals surface area (Å²) in [6.45, 7) is 9.93. The first-order valence-electron chi connectivity index (χ1n) is 4.83. The van der Waals surface area contributed by atoms with Crippen LogP contribution in [0.4, 0.5) is 0 Å². The lowest BCUT2D eigenvalue weighted by molar-refractivity contribution is 0.697. The van der Waals surface area contributed by atoms with Gasteiger partial charge in [0.15, 0.2) is 0 Å². The highest BCUT2D eigenvalue weighted by molar-refractivity contribution is 5.28. The Labute approximate surface area is 85.6 Å². The summed E-state index contributed by atoms with van der Waals surface area (Å²) in [6.07, 6.45) is 0.827. The fraction of sp³-hybridized carbons (Fsp3) is 0.545. The van der Waals surface area contributed by atoms with Crippen molar-refractivity contribution in [2.45, 2.75) is 33.2 Å². The van der Waals surface area contributed by atoms with Crippen molar-refractivity contribution in [3.8, 4) is 0 Å². The normalized spacial score (nSPS) is 12.9. The molecule has 1 aromatic rings. The predicted octanol–water partition coefficient (Wildman–Crippen LogP) is 2.00. The van der Waals surface area contributed by atoms with Gasteiger partial charge in [-0.1, -0.05) is 5.57 Å². The summed E-state index contributed by atoms with van der Waals surface area (Å²) in [6, 6.07) is 0.0289. The maximum Gasteiger partial charge on any atom is 0.0644 e. The third kappa shape index (κ3) is 2.04. The highest BCUT2D eigenvalue weighted by Crippen LogP contribution is 2.23. The summed E-state index contributed by atoms with van der Waals surface area (Å²) < 4.78 is 1.88. The van der Waals surface area contributed by atoms with Crippen LogP contribution in [0.25, 0.3) is 0 Å². The highest BCUT2D eigenvalue weighted by Gasteiger charge is 2.16. The Balaban J connectivity index is 2.99. The van der Waals surface area contributed by atoms with E-state index < -0.39 is 0 Å². The molecule has 3 heteroatoms. The lowest BCUT2D eigenvalue weighted by atomic mass is 10.00. The van der Waals surface area contributed by atoms with Crippen molar-refractivity contribution in [3.05, 3.63) is 29.1 Å². The van der Waals surface area contributed by atoms with Crippen molar-refractivity contribution in [1.82, 2.24) is 9.78 Å². The summed E-state index contributed by atoms with van der Waals surface area (Å²) in [7, 11) is 1.94. The van der Waals surface area contributed by atoms with Crippen LogP contribution in [0, 0.1) is 13.8 Å². The van der Waals surface area contributed by atoms with E-state index in [0.29, 0.717) is 0 Å². The van der Waals surface area contributed by atoms with Crippen LogP contribution in [0.5, 0.6) is 0 Å².